The van der Waals surface area contributed by atoms with Gasteiger partial charge in [0.05, 0.1) is 17.7 Å². The van der Waals surface area contributed by atoms with E-state index in [1.165, 1.54) is 6.07 Å². The Morgan fingerprint density at radius 3 is 3.00 bits per heavy atom. The standard InChI is InChI=1S/C10H10BrFO/c1-2-6-13-7-8-4-3-5-9(12)10(8)11/h2-5H,1,6-7H2. The quantitative estimate of drug-likeness (QED) is 0.584. The van der Waals surface area contributed by atoms with Gasteiger partial charge in [0.25, 0.3) is 0 Å². The van der Waals surface area contributed by atoms with Crippen molar-refractivity contribution in [2.24, 2.45) is 0 Å². The predicted octanol–water partition coefficient (Wildman–Crippen LogP) is 3.29. The van der Waals surface area contributed by atoms with E-state index in [1.807, 2.05) is 6.07 Å². The van der Waals surface area contributed by atoms with Crippen molar-refractivity contribution in [3.8, 4) is 0 Å². The van der Waals surface area contributed by atoms with Crippen molar-refractivity contribution in [1.29, 1.82) is 0 Å². The van der Waals surface area contributed by atoms with Crippen LogP contribution < -0.4 is 0 Å². The maximum absolute atomic E-state index is 13.0. The smallest absolute Gasteiger partial charge is 0.137 e. The van der Waals surface area contributed by atoms with E-state index in [-0.39, 0.29) is 5.82 Å². The highest BCUT2D eigenvalue weighted by atomic mass is 79.9. The maximum atomic E-state index is 13.0. The molecule has 70 valence electrons. The molecule has 1 aromatic carbocycles. The molecule has 0 saturated carbocycles. The molecule has 0 heterocycles. The molecule has 1 aromatic rings. The second kappa shape index (κ2) is 5.14. The highest BCUT2D eigenvalue weighted by Gasteiger charge is 2.03. The van der Waals surface area contributed by atoms with Gasteiger partial charge in [-0.3, -0.25) is 0 Å². The first-order valence-electron chi connectivity index (χ1n) is 3.87. The van der Waals surface area contributed by atoms with Crippen LogP contribution in [0.5, 0.6) is 0 Å². The third-order valence-corrected chi connectivity index (χ3v) is 2.41. The van der Waals surface area contributed by atoms with E-state index in [0.717, 1.165) is 5.56 Å². The minimum atomic E-state index is -0.264. The molecule has 0 atom stereocenters. The summed E-state index contributed by atoms with van der Waals surface area (Å²) in [7, 11) is 0. The van der Waals surface area contributed by atoms with E-state index < -0.39 is 0 Å². The predicted molar refractivity (Wildman–Crippen MR) is 54.0 cm³/mol. The van der Waals surface area contributed by atoms with Gasteiger partial charge in [0.15, 0.2) is 0 Å². The lowest BCUT2D eigenvalue weighted by Gasteiger charge is -2.04. The van der Waals surface area contributed by atoms with Crippen molar-refractivity contribution in [1.82, 2.24) is 0 Å². The molecule has 0 N–H and O–H groups in total. The summed E-state index contributed by atoms with van der Waals surface area (Å²) in [5.74, 6) is -0.264. The Labute approximate surface area is 85.3 Å². The van der Waals surface area contributed by atoms with Gasteiger partial charge >= 0.3 is 0 Å². The molecule has 0 unspecified atom stereocenters. The normalized spacial score (nSPS) is 10.0. The molecule has 0 aliphatic rings. The fourth-order valence-corrected chi connectivity index (χ4v) is 1.29. The molecule has 0 aromatic heterocycles. The Morgan fingerprint density at radius 2 is 2.31 bits per heavy atom. The van der Waals surface area contributed by atoms with Crippen LogP contribution in [0.15, 0.2) is 35.3 Å². The Kier molecular flexibility index (Phi) is 4.12. The van der Waals surface area contributed by atoms with Gasteiger partial charge in [-0.2, -0.15) is 0 Å². The first kappa shape index (κ1) is 10.4. The summed E-state index contributed by atoms with van der Waals surface area (Å²) >= 11 is 3.15. The number of hydrogen-bond donors (Lipinski definition) is 0. The summed E-state index contributed by atoms with van der Waals surface area (Å²) < 4.78 is 18.6. The second-order valence-corrected chi connectivity index (χ2v) is 3.31. The van der Waals surface area contributed by atoms with E-state index in [1.54, 1.807) is 12.1 Å². The molecule has 0 bridgehead atoms. The summed E-state index contributed by atoms with van der Waals surface area (Å²) in [4.78, 5) is 0. The molecule has 0 fully saturated rings. The average molecular weight is 245 g/mol. The Morgan fingerprint density at radius 1 is 1.54 bits per heavy atom. The summed E-state index contributed by atoms with van der Waals surface area (Å²) in [6.45, 7) is 4.39. The van der Waals surface area contributed by atoms with E-state index in [9.17, 15) is 4.39 Å². The van der Waals surface area contributed by atoms with Crippen molar-refractivity contribution >= 4 is 15.9 Å². The van der Waals surface area contributed by atoms with Crippen LogP contribution in [-0.4, -0.2) is 6.61 Å². The lowest BCUT2D eigenvalue weighted by Crippen LogP contribution is -1.94. The van der Waals surface area contributed by atoms with Gasteiger partial charge in [-0.05, 0) is 27.6 Å². The van der Waals surface area contributed by atoms with Crippen molar-refractivity contribution in [2.45, 2.75) is 6.61 Å². The molecule has 1 rings (SSSR count). The Balaban J connectivity index is 2.65. The van der Waals surface area contributed by atoms with Gasteiger partial charge in [-0.1, -0.05) is 18.2 Å². The van der Waals surface area contributed by atoms with Gasteiger partial charge in [0.2, 0.25) is 0 Å². The fourth-order valence-electron chi connectivity index (χ4n) is 0.912. The van der Waals surface area contributed by atoms with Crippen LogP contribution in [0.4, 0.5) is 4.39 Å². The number of benzene rings is 1. The first-order valence-corrected chi connectivity index (χ1v) is 4.66. The minimum absolute atomic E-state index is 0.264. The van der Waals surface area contributed by atoms with Crippen LogP contribution in [0.25, 0.3) is 0 Å². The molecular formula is C10H10BrFO. The van der Waals surface area contributed by atoms with Crippen LogP contribution >= 0.6 is 15.9 Å². The molecule has 13 heavy (non-hydrogen) atoms. The zero-order chi connectivity index (χ0) is 9.68. The minimum Gasteiger partial charge on any atom is -0.373 e. The van der Waals surface area contributed by atoms with Crippen molar-refractivity contribution in [2.75, 3.05) is 6.61 Å². The third kappa shape index (κ3) is 2.94. The lowest BCUT2D eigenvalue weighted by molar-refractivity contribution is 0.148. The highest BCUT2D eigenvalue weighted by Crippen LogP contribution is 2.20. The summed E-state index contributed by atoms with van der Waals surface area (Å²) in [5, 5.41) is 0. The van der Waals surface area contributed by atoms with Crippen molar-refractivity contribution in [3.05, 3.63) is 46.7 Å². The second-order valence-electron chi connectivity index (χ2n) is 2.52. The number of hydrogen-bond acceptors (Lipinski definition) is 1. The summed E-state index contributed by atoms with van der Waals surface area (Å²) in [6, 6.07) is 4.88. The molecule has 0 spiro atoms. The number of rotatable bonds is 4. The Bertz CT molecular complexity index is 299. The summed E-state index contributed by atoms with van der Waals surface area (Å²) in [6.07, 6.45) is 1.66. The van der Waals surface area contributed by atoms with Crippen LogP contribution in [0.1, 0.15) is 5.56 Å². The van der Waals surface area contributed by atoms with E-state index in [4.69, 9.17) is 4.74 Å². The van der Waals surface area contributed by atoms with E-state index in [0.29, 0.717) is 17.7 Å². The topological polar surface area (TPSA) is 9.23 Å². The molecule has 0 radical (unpaired) electrons. The van der Waals surface area contributed by atoms with Crippen LogP contribution in [0, 0.1) is 5.82 Å². The molecule has 3 heteroatoms. The van der Waals surface area contributed by atoms with Crippen molar-refractivity contribution < 1.29 is 9.13 Å². The average Bonchev–Trinajstić information content (AvgIpc) is 2.13. The zero-order valence-corrected chi connectivity index (χ0v) is 8.68. The molecule has 0 amide bonds. The monoisotopic (exact) mass is 244 g/mol. The van der Waals surface area contributed by atoms with Gasteiger partial charge in [0.1, 0.15) is 5.82 Å². The van der Waals surface area contributed by atoms with Crippen LogP contribution in [0.2, 0.25) is 0 Å². The van der Waals surface area contributed by atoms with Crippen LogP contribution in [0.3, 0.4) is 0 Å². The molecule has 0 aliphatic heterocycles. The molecule has 1 nitrogen and oxygen atoms in total. The SMILES string of the molecule is C=CCOCc1cccc(F)c1Br. The fraction of sp³-hybridized carbons (Fsp3) is 0.200. The number of halogens is 2. The van der Waals surface area contributed by atoms with Gasteiger partial charge in [0, 0.05) is 0 Å². The van der Waals surface area contributed by atoms with E-state index in [2.05, 4.69) is 22.5 Å². The van der Waals surface area contributed by atoms with Gasteiger partial charge < -0.3 is 4.74 Å². The van der Waals surface area contributed by atoms with E-state index >= 15 is 0 Å². The maximum Gasteiger partial charge on any atom is 0.137 e. The summed E-state index contributed by atoms with van der Waals surface area (Å²) in [5.41, 5.74) is 0.807. The van der Waals surface area contributed by atoms with Gasteiger partial charge in [-0.15, -0.1) is 6.58 Å². The first-order chi connectivity index (χ1) is 6.25. The highest BCUT2D eigenvalue weighted by molar-refractivity contribution is 9.10. The molecular weight excluding hydrogens is 235 g/mol. The largest absolute Gasteiger partial charge is 0.373 e. The van der Waals surface area contributed by atoms with Crippen LogP contribution in [-0.2, 0) is 11.3 Å². The molecule has 0 aliphatic carbocycles. The number of ether oxygens (including phenoxy) is 1. The molecule has 0 saturated heterocycles. The third-order valence-electron chi connectivity index (χ3n) is 1.52. The lowest BCUT2D eigenvalue weighted by atomic mass is 10.2. The zero-order valence-electron chi connectivity index (χ0n) is 7.09. The van der Waals surface area contributed by atoms with Crippen molar-refractivity contribution in [3.63, 3.8) is 0 Å². The van der Waals surface area contributed by atoms with Gasteiger partial charge in [-0.25, -0.2) is 4.39 Å². The Hall–Kier alpha value is -0.670.